The first-order chi connectivity index (χ1) is 8.49. The van der Waals surface area contributed by atoms with Crippen molar-refractivity contribution in [1.82, 2.24) is 0 Å². The van der Waals surface area contributed by atoms with E-state index in [9.17, 15) is 13.6 Å². The normalized spacial score (nSPS) is 19.5. The summed E-state index contributed by atoms with van der Waals surface area (Å²) in [4.78, 5) is 12.8. The Morgan fingerprint density at radius 2 is 2.17 bits per heavy atom. The molecule has 1 fully saturated rings. The summed E-state index contributed by atoms with van der Waals surface area (Å²) >= 11 is 0. The van der Waals surface area contributed by atoms with E-state index < -0.39 is 6.43 Å². The quantitative estimate of drug-likeness (QED) is 0.804. The number of carbonyl (C=O) groups excluding carboxylic acids is 1. The summed E-state index contributed by atoms with van der Waals surface area (Å²) in [5.41, 5.74) is 11.4. The summed E-state index contributed by atoms with van der Waals surface area (Å²) in [7, 11) is 0. The zero-order valence-corrected chi connectivity index (χ0v) is 9.77. The summed E-state index contributed by atoms with van der Waals surface area (Å²) in [6.45, 7) is 0.941. The third-order valence-electron chi connectivity index (χ3n) is 3.22. The van der Waals surface area contributed by atoms with Gasteiger partial charge >= 0.3 is 0 Å². The molecular weight excluding hydrogens is 240 g/mol. The largest absolute Gasteiger partial charge is 0.399 e. The lowest BCUT2D eigenvalue weighted by Crippen LogP contribution is -2.27. The van der Waals surface area contributed by atoms with Gasteiger partial charge in [0.15, 0.2) is 0 Å². The van der Waals surface area contributed by atoms with Gasteiger partial charge < -0.3 is 16.4 Å². The van der Waals surface area contributed by atoms with Gasteiger partial charge in [0.2, 0.25) is 5.91 Å². The van der Waals surface area contributed by atoms with Crippen LogP contribution in [0.4, 0.5) is 20.2 Å². The van der Waals surface area contributed by atoms with Crippen LogP contribution in [0.1, 0.15) is 18.4 Å². The highest BCUT2D eigenvalue weighted by molar-refractivity contribution is 5.78. The number of halogens is 2. The molecule has 1 atom stereocenters. The van der Waals surface area contributed by atoms with Crippen molar-refractivity contribution in [3.05, 3.63) is 23.8 Å². The third kappa shape index (κ3) is 2.37. The number of nitrogens with two attached hydrogens (primary N) is 2. The van der Waals surface area contributed by atoms with Crippen molar-refractivity contribution in [3.63, 3.8) is 0 Å². The minimum Gasteiger partial charge on any atom is -0.399 e. The standard InChI is InChI=1S/C12H15F2N3O/c13-11(14)9-5-8(15)1-2-10(9)17-4-3-7(6-17)12(16)18/h1-2,5,7,11H,3-4,6,15H2,(H2,16,18). The molecule has 0 radical (unpaired) electrons. The maximum absolute atomic E-state index is 12.9. The van der Waals surface area contributed by atoms with Crippen molar-refractivity contribution >= 4 is 17.3 Å². The number of amides is 1. The highest BCUT2D eigenvalue weighted by atomic mass is 19.3. The summed E-state index contributed by atoms with van der Waals surface area (Å²) in [6, 6.07) is 4.43. The molecule has 0 bridgehead atoms. The van der Waals surface area contributed by atoms with Gasteiger partial charge in [0.1, 0.15) is 0 Å². The van der Waals surface area contributed by atoms with Gasteiger partial charge in [0.05, 0.1) is 5.92 Å². The van der Waals surface area contributed by atoms with Crippen LogP contribution < -0.4 is 16.4 Å². The molecule has 6 heteroatoms. The van der Waals surface area contributed by atoms with Crippen LogP contribution in [0.15, 0.2) is 18.2 Å². The van der Waals surface area contributed by atoms with E-state index in [2.05, 4.69) is 0 Å². The van der Waals surface area contributed by atoms with Gasteiger partial charge in [-0.25, -0.2) is 8.78 Å². The average molecular weight is 255 g/mol. The smallest absolute Gasteiger partial charge is 0.265 e. The molecule has 0 saturated carbocycles. The first-order valence-corrected chi connectivity index (χ1v) is 5.71. The van der Waals surface area contributed by atoms with Crippen LogP contribution in [0.2, 0.25) is 0 Å². The maximum atomic E-state index is 12.9. The first kappa shape index (κ1) is 12.6. The fraction of sp³-hybridized carbons (Fsp3) is 0.417. The molecular formula is C12H15F2N3O. The number of rotatable bonds is 3. The summed E-state index contributed by atoms with van der Waals surface area (Å²) in [5, 5.41) is 0. The number of hydrogen-bond donors (Lipinski definition) is 2. The molecule has 1 aliphatic rings. The molecule has 0 aliphatic carbocycles. The Balaban J connectivity index is 2.26. The summed E-state index contributed by atoms with van der Waals surface area (Å²) < 4.78 is 25.9. The highest BCUT2D eigenvalue weighted by Crippen LogP contribution is 2.34. The Labute approximate surface area is 104 Å². The van der Waals surface area contributed by atoms with E-state index in [0.29, 0.717) is 30.9 Å². The molecule has 1 aromatic rings. The average Bonchev–Trinajstić information content (AvgIpc) is 2.78. The number of anilines is 2. The zero-order valence-electron chi connectivity index (χ0n) is 9.77. The lowest BCUT2D eigenvalue weighted by Gasteiger charge is -2.22. The van der Waals surface area contributed by atoms with Gasteiger partial charge in [-0.15, -0.1) is 0 Å². The van der Waals surface area contributed by atoms with Crippen LogP contribution in [0.5, 0.6) is 0 Å². The Kier molecular flexibility index (Phi) is 3.36. The van der Waals surface area contributed by atoms with E-state index in [4.69, 9.17) is 11.5 Å². The number of nitrogens with zero attached hydrogens (tertiary/aromatic N) is 1. The number of nitrogen functional groups attached to an aromatic ring is 1. The van der Waals surface area contributed by atoms with E-state index in [1.54, 1.807) is 17.0 Å². The van der Waals surface area contributed by atoms with Gasteiger partial charge in [-0.05, 0) is 24.6 Å². The second-order valence-electron chi connectivity index (χ2n) is 4.45. The van der Waals surface area contributed by atoms with Crippen LogP contribution in [0.3, 0.4) is 0 Å². The Morgan fingerprint density at radius 3 is 2.72 bits per heavy atom. The molecule has 1 amide bonds. The minimum absolute atomic E-state index is 0.0971. The maximum Gasteiger partial charge on any atom is 0.265 e. The Bertz CT molecular complexity index is 465. The molecule has 1 unspecified atom stereocenters. The molecule has 1 aromatic carbocycles. The predicted octanol–water partition coefficient (Wildman–Crippen LogP) is 1.52. The van der Waals surface area contributed by atoms with Crippen LogP contribution in [0.25, 0.3) is 0 Å². The topological polar surface area (TPSA) is 72.4 Å². The number of hydrogen-bond acceptors (Lipinski definition) is 3. The predicted molar refractivity (Wildman–Crippen MR) is 65.3 cm³/mol. The van der Waals surface area contributed by atoms with E-state index in [1.165, 1.54) is 6.07 Å². The van der Waals surface area contributed by atoms with Crippen molar-refractivity contribution in [2.45, 2.75) is 12.8 Å². The number of alkyl halides is 2. The highest BCUT2D eigenvalue weighted by Gasteiger charge is 2.29. The second-order valence-corrected chi connectivity index (χ2v) is 4.45. The van der Waals surface area contributed by atoms with Crippen molar-refractivity contribution in [1.29, 1.82) is 0 Å². The summed E-state index contributed by atoms with van der Waals surface area (Å²) in [6.07, 6.45) is -1.99. The third-order valence-corrected chi connectivity index (χ3v) is 3.22. The molecule has 4 N–H and O–H groups in total. The van der Waals surface area contributed by atoms with E-state index in [0.717, 1.165) is 0 Å². The van der Waals surface area contributed by atoms with Gasteiger partial charge in [-0.2, -0.15) is 0 Å². The molecule has 18 heavy (non-hydrogen) atoms. The van der Waals surface area contributed by atoms with E-state index in [-0.39, 0.29) is 17.4 Å². The van der Waals surface area contributed by atoms with Crippen molar-refractivity contribution < 1.29 is 13.6 Å². The van der Waals surface area contributed by atoms with Crippen LogP contribution in [-0.2, 0) is 4.79 Å². The van der Waals surface area contributed by atoms with Crippen LogP contribution >= 0.6 is 0 Å². The summed E-state index contributed by atoms with van der Waals surface area (Å²) in [5.74, 6) is -0.653. The zero-order chi connectivity index (χ0) is 13.3. The fourth-order valence-electron chi connectivity index (χ4n) is 2.25. The lowest BCUT2D eigenvalue weighted by atomic mass is 10.1. The molecule has 2 rings (SSSR count). The Morgan fingerprint density at radius 1 is 1.44 bits per heavy atom. The van der Waals surface area contributed by atoms with Crippen molar-refractivity contribution in [2.75, 3.05) is 23.7 Å². The SMILES string of the molecule is NC(=O)C1CCN(c2ccc(N)cc2C(F)F)C1. The molecule has 0 aromatic heterocycles. The van der Waals surface area contributed by atoms with Gasteiger partial charge in [-0.3, -0.25) is 4.79 Å². The fourth-order valence-corrected chi connectivity index (χ4v) is 2.25. The second kappa shape index (κ2) is 4.80. The van der Waals surface area contributed by atoms with Gasteiger partial charge in [-0.1, -0.05) is 0 Å². The van der Waals surface area contributed by atoms with Crippen LogP contribution in [-0.4, -0.2) is 19.0 Å². The molecule has 1 heterocycles. The van der Waals surface area contributed by atoms with Crippen molar-refractivity contribution in [2.24, 2.45) is 11.7 Å². The van der Waals surface area contributed by atoms with E-state index in [1.807, 2.05) is 0 Å². The number of carbonyl (C=O) groups is 1. The molecule has 1 saturated heterocycles. The monoisotopic (exact) mass is 255 g/mol. The number of benzene rings is 1. The Hall–Kier alpha value is -1.85. The van der Waals surface area contributed by atoms with Crippen LogP contribution in [0, 0.1) is 5.92 Å². The molecule has 0 spiro atoms. The molecule has 1 aliphatic heterocycles. The molecule has 98 valence electrons. The lowest BCUT2D eigenvalue weighted by molar-refractivity contribution is -0.121. The van der Waals surface area contributed by atoms with Crippen molar-refractivity contribution in [3.8, 4) is 0 Å². The number of primary amides is 1. The van der Waals surface area contributed by atoms with E-state index >= 15 is 0 Å². The van der Waals surface area contributed by atoms with Gasteiger partial charge in [0, 0.05) is 30.0 Å². The first-order valence-electron chi connectivity index (χ1n) is 5.71. The van der Waals surface area contributed by atoms with Gasteiger partial charge in [0.25, 0.3) is 6.43 Å². The molecule has 4 nitrogen and oxygen atoms in total. The minimum atomic E-state index is -2.59.